The van der Waals surface area contributed by atoms with Crippen LogP contribution < -0.4 is 21.6 Å². The Labute approximate surface area is 139 Å². The maximum atomic E-state index is 12.9. The second kappa shape index (κ2) is 6.69. The number of primary amides is 1. The zero-order valence-electron chi connectivity index (χ0n) is 13.5. The highest BCUT2D eigenvalue weighted by atomic mass is 16.2. The maximum absolute atomic E-state index is 12.9. The van der Waals surface area contributed by atoms with E-state index in [1.54, 1.807) is 12.3 Å². The number of urea groups is 1. The van der Waals surface area contributed by atoms with Crippen LogP contribution in [-0.4, -0.2) is 34.7 Å². The zero-order chi connectivity index (χ0) is 17.1. The number of carbonyl (C=O) groups excluding carboxylic acids is 1. The van der Waals surface area contributed by atoms with E-state index >= 15 is 0 Å². The molecule has 1 fully saturated rings. The van der Waals surface area contributed by atoms with Gasteiger partial charge in [-0.25, -0.2) is 15.2 Å². The first-order chi connectivity index (χ1) is 11.6. The Morgan fingerprint density at radius 3 is 2.83 bits per heavy atom. The number of aryl methyl sites for hydroxylation is 1. The number of pyridine rings is 1. The van der Waals surface area contributed by atoms with Crippen LogP contribution in [0.2, 0.25) is 0 Å². The van der Waals surface area contributed by atoms with E-state index in [4.69, 9.17) is 10.7 Å². The lowest BCUT2D eigenvalue weighted by Crippen LogP contribution is -2.34. The van der Waals surface area contributed by atoms with Gasteiger partial charge in [-0.15, -0.1) is 0 Å². The van der Waals surface area contributed by atoms with Gasteiger partial charge in [0, 0.05) is 19.3 Å². The van der Waals surface area contributed by atoms with E-state index in [1.165, 1.54) is 17.0 Å². The van der Waals surface area contributed by atoms with Gasteiger partial charge in [-0.05, 0) is 37.8 Å². The molecule has 1 aliphatic heterocycles. The number of piperidine rings is 1. The first kappa shape index (κ1) is 16.0. The number of hydrogen-bond donors (Lipinski definition) is 2. The van der Waals surface area contributed by atoms with Crippen molar-refractivity contribution in [2.75, 3.05) is 18.0 Å². The fourth-order valence-corrected chi connectivity index (χ4v) is 2.92. The largest absolute Gasteiger partial charge is 0.356 e. The number of nitrogens with two attached hydrogens (primary N) is 1. The summed E-state index contributed by atoms with van der Waals surface area (Å²) in [4.78, 5) is 30.5. The number of nitrogens with one attached hydrogen (secondary N) is 1. The van der Waals surface area contributed by atoms with Crippen molar-refractivity contribution in [1.82, 2.24) is 14.8 Å². The molecule has 24 heavy (non-hydrogen) atoms. The molecule has 1 saturated heterocycles. The predicted octanol–water partition coefficient (Wildman–Crippen LogP) is 0.995. The van der Waals surface area contributed by atoms with Gasteiger partial charge in [0.15, 0.2) is 0 Å². The SMILES string of the molecule is Cc1cccn2c(=O)c(/C=N/NC(N)=O)c(N3CCCCC3)nc12. The zero-order valence-corrected chi connectivity index (χ0v) is 13.5. The first-order valence-electron chi connectivity index (χ1n) is 7.93. The minimum atomic E-state index is -0.782. The van der Waals surface area contributed by atoms with Crippen molar-refractivity contribution >= 4 is 23.7 Å². The second-order valence-corrected chi connectivity index (χ2v) is 5.82. The molecule has 3 rings (SSSR count). The average Bonchev–Trinajstić information content (AvgIpc) is 2.58. The molecule has 3 N–H and O–H groups in total. The molecule has 0 unspecified atom stereocenters. The average molecular weight is 328 g/mol. The lowest BCUT2D eigenvalue weighted by Gasteiger charge is -2.29. The number of hydrazone groups is 1. The number of rotatable bonds is 3. The van der Waals surface area contributed by atoms with Gasteiger partial charge in [-0.2, -0.15) is 5.10 Å². The quantitative estimate of drug-likeness (QED) is 0.647. The molecule has 0 saturated carbocycles. The molecular formula is C16H20N6O2. The molecule has 2 aromatic rings. The molecule has 126 valence electrons. The van der Waals surface area contributed by atoms with Crippen molar-refractivity contribution in [1.29, 1.82) is 0 Å². The Bertz CT molecular complexity index is 852. The Morgan fingerprint density at radius 2 is 2.12 bits per heavy atom. The maximum Gasteiger partial charge on any atom is 0.332 e. The molecule has 8 nitrogen and oxygen atoms in total. The predicted molar refractivity (Wildman–Crippen MR) is 92.6 cm³/mol. The third-order valence-corrected chi connectivity index (χ3v) is 4.09. The third kappa shape index (κ3) is 3.08. The van der Waals surface area contributed by atoms with Crippen LogP contribution in [0.4, 0.5) is 10.6 Å². The van der Waals surface area contributed by atoms with Crippen molar-refractivity contribution in [3.05, 3.63) is 39.8 Å². The van der Waals surface area contributed by atoms with Crippen LogP contribution in [0, 0.1) is 6.92 Å². The molecule has 8 heteroatoms. The summed E-state index contributed by atoms with van der Waals surface area (Å²) < 4.78 is 1.49. The van der Waals surface area contributed by atoms with E-state index in [9.17, 15) is 9.59 Å². The number of hydrogen-bond acceptors (Lipinski definition) is 5. The van der Waals surface area contributed by atoms with Crippen LogP contribution in [0.5, 0.6) is 0 Å². The van der Waals surface area contributed by atoms with Crippen molar-refractivity contribution in [2.24, 2.45) is 10.8 Å². The highest BCUT2D eigenvalue weighted by molar-refractivity contribution is 5.87. The highest BCUT2D eigenvalue weighted by Crippen LogP contribution is 2.20. The van der Waals surface area contributed by atoms with Crippen molar-refractivity contribution in [2.45, 2.75) is 26.2 Å². The molecule has 1 aliphatic rings. The molecular weight excluding hydrogens is 308 g/mol. The van der Waals surface area contributed by atoms with Gasteiger partial charge in [-0.1, -0.05) is 6.07 Å². The second-order valence-electron chi connectivity index (χ2n) is 5.82. The Hall–Kier alpha value is -2.90. The molecule has 3 heterocycles. The summed E-state index contributed by atoms with van der Waals surface area (Å²) in [5.41, 5.74) is 8.81. The third-order valence-electron chi connectivity index (χ3n) is 4.09. The summed E-state index contributed by atoms with van der Waals surface area (Å²) in [5.74, 6) is 0.601. The summed E-state index contributed by atoms with van der Waals surface area (Å²) in [7, 11) is 0. The lowest BCUT2D eigenvalue weighted by molar-refractivity contribution is 0.249. The van der Waals surface area contributed by atoms with Crippen molar-refractivity contribution in [3.8, 4) is 0 Å². The van der Waals surface area contributed by atoms with E-state index < -0.39 is 6.03 Å². The van der Waals surface area contributed by atoms with Gasteiger partial charge in [0.1, 0.15) is 17.0 Å². The molecule has 0 spiro atoms. The summed E-state index contributed by atoms with van der Waals surface area (Å²) in [6, 6.07) is 2.94. The number of amides is 2. The number of aromatic nitrogens is 2. The number of carbonyl (C=O) groups is 1. The Balaban J connectivity index is 2.17. The van der Waals surface area contributed by atoms with E-state index in [0.29, 0.717) is 17.0 Å². The summed E-state index contributed by atoms with van der Waals surface area (Å²) in [6.07, 6.45) is 6.29. The number of anilines is 1. The fourth-order valence-electron chi connectivity index (χ4n) is 2.92. The van der Waals surface area contributed by atoms with Gasteiger partial charge in [0.05, 0.1) is 6.21 Å². The number of fused-ring (bicyclic) bond motifs is 1. The molecule has 2 amide bonds. The normalized spacial score (nSPS) is 15.1. The highest BCUT2D eigenvalue weighted by Gasteiger charge is 2.20. The topological polar surface area (TPSA) is 105 Å². The minimum Gasteiger partial charge on any atom is -0.356 e. The standard InChI is InChI=1S/C16H20N6O2/c1-11-6-5-9-22-13(11)19-14(21-7-3-2-4-8-21)12(15(22)23)10-18-20-16(17)24/h5-6,9-10H,2-4,7-8H2,1H3,(H3,17,20,24)/b18-10+. The van der Waals surface area contributed by atoms with Gasteiger partial charge in [0.25, 0.3) is 5.56 Å². The fraction of sp³-hybridized carbons (Fsp3) is 0.375. The van der Waals surface area contributed by atoms with Gasteiger partial charge < -0.3 is 10.6 Å². The molecule has 0 bridgehead atoms. The van der Waals surface area contributed by atoms with E-state index in [0.717, 1.165) is 31.5 Å². The first-order valence-corrected chi connectivity index (χ1v) is 7.93. The lowest BCUT2D eigenvalue weighted by atomic mass is 10.1. The summed E-state index contributed by atoms with van der Waals surface area (Å²) >= 11 is 0. The smallest absolute Gasteiger partial charge is 0.332 e. The molecule has 0 atom stereocenters. The van der Waals surface area contributed by atoms with Crippen LogP contribution in [-0.2, 0) is 0 Å². The minimum absolute atomic E-state index is 0.223. The van der Waals surface area contributed by atoms with E-state index in [2.05, 4.69) is 15.4 Å². The monoisotopic (exact) mass is 328 g/mol. The van der Waals surface area contributed by atoms with Gasteiger partial charge in [-0.3, -0.25) is 9.20 Å². The van der Waals surface area contributed by atoms with E-state index in [-0.39, 0.29) is 5.56 Å². The molecule has 0 aliphatic carbocycles. The summed E-state index contributed by atoms with van der Waals surface area (Å²) in [5, 5.41) is 3.76. The number of nitrogens with zero attached hydrogens (tertiary/aromatic N) is 4. The molecule has 0 radical (unpaired) electrons. The molecule has 2 aromatic heterocycles. The van der Waals surface area contributed by atoms with Crippen LogP contribution in [0.1, 0.15) is 30.4 Å². The van der Waals surface area contributed by atoms with E-state index in [1.807, 2.05) is 13.0 Å². The van der Waals surface area contributed by atoms with Crippen LogP contribution in [0.15, 0.2) is 28.2 Å². The summed E-state index contributed by atoms with van der Waals surface area (Å²) in [6.45, 7) is 3.61. The Kier molecular flexibility index (Phi) is 4.45. The van der Waals surface area contributed by atoms with Crippen LogP contribution >= 0.6 is 0 Å². The molecule has 0 aromatic carbocycles. The van der Waals surface area contributed by atoms with Gasteiger partial charge >= 0.3 is 6.03 Å². The van der Waals surface area contributed by atoms with Crippen LogP contribution in [0.25, 0.3) is 5.65 Å². The van der Waals surface area contributed by atoms with Crippen LogP contribution in [0.3, 0.4) is 0 Å². The van der Waals surface area contributed by atoms with Crippen molar-refractivity contribution < 1.29 is 4.79 Å². The van der Waals surface area contributed by atoms with Gasteiger partial charge in [0.2, 0.25) is 0 Å². The Morgan fingerprint density at radius 1 is 1.38 bits per heavy atom. The van der Waals surface area contributed by atoms with Crippen molar-refractivity contribution in [3.63, 3.8) is 0 Å².